The number of carbonyl (C=O) groups excluding carboxylic acids is 1. The molecule has 1 aromatic rings. The van der Waals surface area contributed by atoms with E-state index in [1.165, 1.54) is 13.0 Å². The van der Waals surface area contributed by atoms with Crippen molar-refractivity contribution in [3.8, 4) is 0 Å². The third kappa shape index (κ3) is 3.03. The second kappa shape index (κ2) is 4.83. The average molecular weight is 267 g/mol. The number of amides is 1. The Bertz CT molecular complexity index is 434. The first-order valence-electron chi connectivity index (χ1n) is 4.62. The molecule has 94 valence electrons. The van der Waals surface area contributed by atoms with Gasteiger partial charge in [-0.05, 0) is 25.1 Å². The van der Waals surface area contributed by atoms with Crippen LogP contribution in [0.3, 0.4) is 0 Å². The lowest BCUT2D eigenvalue weighted by Gasteiger charge is -2.24. The number of benzene rings is 1. The van der Waals surface area contributed by atoms with Crippen molar-refractivity contribution in [2.45, 2.75) is 13.1 Å². The molecular formula is C10H8ClF3NO2-. The number of rotatable bonds is 2. The summed E-state index contributed by atoms with van der Waals surface area (Å²) in [5, 5.41) is 10.2. The molecule has 0 aliphatic rings. The second-order valence-corrected chi connectivity index (χ2v) is 3.58. The van der Waals surface area contributed by atoms with Crippen LogP contribution >= 0.6 is 11.6 Å². The van der Waals surface area contributed by atoms with E-state index in [2.05, 4.69) is 0 Å². The van der Waals surface area contributed by atoms with Crippen molar-refractivity contribution in [3.63, 3.8) is 0 Å². The van der Waals surface area contributed by atoms with E-state index in [1.807, 2.05) is 0 Å². The first-order valence-corrected chi connectivity index (χ1v) is 5.00. The standard InChI is InChI=1S/C10H9ClF3NO2/c1-2-15(9(16)17)6-3-4-8(11)7(5-6)10(12,13)14/h3-5H,2H2,1H3,(H,16,17)/p-1. The minimum Gasteiger partial charge on any atom is -0.530 e. The summed E-state index contributed by atoms with van der Waals surface area (Å²) in [6.07, 6.45) is -6.19. The Balaban J connectivity index is 3.25. The maximum atomic E-state index is 12.5. The van der Waals surface area contributed by atoms with Gasteiger partial charge >= 0.3 is 6.18 Å². The summed E-state index contributed by atoms with van der Waals surface area (Å²) < 4.78 is 37.6. The number of hydrogen-bond acceptors (Lipinski definition) is 2. The van der Waals surface area contributed by atoms with Crippen molar-refractivity contribution >= 4 is 23.4 Å². The lowest BCUT2D eigenvalue weighted by molar-refractivity contribution is -0.246. The summed E-state index contributed by atoms with van der Waals surface area (Å²) >= 11 is 5.41. The second-order valence-electron chi connectivity index (χ2n) is 3.17. The highest BCUT2D eigenvalue weighted by atomic mass is 35.5. The molecule has 0 atom stereocenters. The van der Waals surface area contributed by atoms with Gasteiger partial charge < -0.3 is 14.8 Å². The maximum absolute atomic E-state index is 12.5. The zero-order valence-electron chi connectivity index (χ0n) is 8.71. The van der Waals surface area contributed by atoms with Crippen LogP contribution in [0.15, 0.2) is 18.2 Å². The highest BCUT2D eigenvalue weighted by Crippen LogP contribution is 2.36. The van der Waals surface area contributed by atoms with Crippen LogP contribution in [0, 0.1) is 0 Å². The van der Waals surface area contributed by atoms with Crippen molar-refractivity contribution in [2.75, 3.05) is 11.4 Å². The highest BCUT2D eigenvalue weighted by molar-refractivity contribution is 6.31. The van der Waals surface area contributed by atoms with Crippen molar-refractivity contribution in [2.24, 2.45) is 0 Å². The van der Waals surface area contributed by atoms with Gasteiger partial charge in [0.15, 0.2) is 0 Å². The molecule has 0 saturated carbocycles. The van der Waals surface area contributed by atoms with Crippen LogP contribution in [0.2, 0.25) is 5.02 Å². The fraction of sp³-hybridized carbons (Fsp3) is 0.300. The molecule has 0 spiro atoms. The molecule has 0 unspecified atom stereocenters. The van der Waals surface area contributed by atoms with Crippen molar-refractivity contribution in [1.29, 1.82) is 0 Å². The molecule has 0 N–H and O–H groups in total. The van der Waals surface area contributed by atoms with Gasteiger partial charge in [0.05, 0.1) is 10.6 Å². The smallest absolute Gasteiger partial charge is 0.417 e. The number of halogens is 4. The van der Waals surface area contributed by atoms with Crippen molar-refractivity contribution in [3.05, 3.63) is 28.8 Å². The molecule has 1 rings (SSSR count). The number of nitrogens with zero attached hydrogens (tertiary/aromatic N) is 1. The van der Waals surface area contributed by atoms with E-state index in [1.54, 1.807) is 0 Å². The number of carboxylic acid groups (broad SMARTS) is 1. The average Bonchev–Trinajstić information content (AvgIpc) is 2.19. The van der Waals surface area contributed by atoms with Crippen LogP contribution in [0.25, 0.3) is 0 Å². The Labute approximate surface area is 100 Å². The van der Waals surface area contributed by atoms with Crippen molar-refractivity contribution in [1.82, 2.24) is 0 Å². The first kappa shape index (κ1) is 13.6. The molecule has 0 radical (unpaired) electrons. The monoisotopic (exact) mass is 266 g/mol. The van der Waals surface area contributed by atoms with Gasteiger partial charge in [0.25, 0.3) is 0 Å². The molecule has 0 aliphatic carbocycles. The van der Waals surface area contributed by atoms with Crippen LogP contribution in [0.1, 0.15) is 12.5 Å². The van der Waals surface area contributed by atoms with E-state index in [0.717, 1.165) is 6.07 Å². The van der Waals surface area contributed by atoms with Gasteiger partial charge in [0.1, 0.15) is 6.09 Å². The third-order valence-electron chi connectivity index (χ3n) is 2.10. The van der Waals surface area contributed by atoms with Crippen LogP contribution in [-0.2, 0) is 6.18 Å². The van der Waals surface area contributed by atoms with Crippen LogP contribution < -0.4 is 10.0 Å². The van der Waals surface area contributed by atoms with Crippen LogP contribution in [0.5, 0.6) is 0 Å². The van der Waals surface area contributed by atoms with Gasteiger partial charge in [-0.3, -0.25) is 0 Å². The van der Waals surface area contributed by atoms with E-state index < -0.39 is 22.9 Å². The Morgan fingerprint density at radius 3 is 2.47 bits per heavy atom. The molecule has 1 amide bonds. The van der Waals surface area contributed by atoms with E-state index in [0.29, 0.717) is 11.0 Å². The Hall–Kier alpha value is -1.43. The topological polar surface area (TPSA) is 43.4 Å². The summed E-state index contributed by atoms with van der Waals surface area (Å²) in [7, 11) is 0. The minimum absolute atomic E-state index is 0.0126. The first-order chi connectivity index (χ1) is 7.77. The molecule has 0 fully saturated rings. The highest BCUT2D eigenvalue weighted by Gasteiger charge is 2.33. The summed E-state index contributed by atoms with van der Waals surface area (Å²) in [5.41, 5.74) is -1.19. The lowest BCUT2D eigenvalue weighted by atomic mass is 10.2. The molecule has 0 saturated heterocycles. The summed E-state index contributed by atoms with van der Waals surface area (Å²) in [4.78, 5) is 11.4. The Kier molecular flexibility index (Phi) is 3.87. The quantitative estimate of drug-likeness (QED) is 0.825. The van der Waals surface area contributed by atoms with E-state index in [-0.39, 0.29) is 12.2 Å². The van der Waals surface area contributed by atoms with Crippen LogP contribution in [0.4, 0.5) is 23.7 Å². The predicted octanol–water partition coefficient (Wildman–Crippen LogP) is 2.53. The van der Waals surface area contributed by atoms with Crippen LogP contribution in [-0.4, -0.2) is 12.6 Å². The molecular weight excluding hydrogens is 259 g/mol. The Morgan fingerprint density at radius 1 is 1.47 bits per heavy atom. The number of anilines is 1. The van der Waals surface area contributed by atoms with E-state index in [9.17, 15) is 23.1 Å². The molecule has 0 aromatic heterocycles. The number of carbonyl (C=O) groups is 1. The summed E-state index contributed by atoms with van der Waals surface area (Å²) in [5.74, 6) is 0. The molecule has 1 aromatic carbocycles. The predicted molar refractivity (Wildman–Crippen MR) is 54.9 cm³/mol. The van der Waals surface area contributed by atoms with Crippen molar-refractivity contribution < 1.29 is 23.1 Å². The van der Waals surface area contributed by atoms with Gasteiger partial charge in [-0.2, -0.15) is 13.2 Å². The normalized spacial score (nSPS) is 11.4. The Morgan fingerprint density at radius 2 is 2.06 bits per heavy atom. The van der Waals surface area contributed by atoms with Gasteiger partial charge in [0.2, 0.25) is 0 Å². The molecule has 0 heterocycles. The molecule has 0 aliphatic heterocycles. The minimum atomic E-state index is -4.63. The maximum Gasteiger partial charge on any atom is 0.417 e. The van der Waals surface area contributed by atoms with Gasteiger partial charge in [-0.25, -0.2) is 0 Å². The molecule has 3 nitrogen and oxygen atoms in total. The molecule has 7 heteroatoms. The van der Waals surface area contributed by atoms with E-state index >= 15 is 0 Å². The zero-order chi connectivity index (χ0) is 13.2. The van der Waals surface area contributed by atoms with E-state index in [4.69, 9.17) is 11.6 Å². The summed E-state index contributed by atoms with van der Waals surface area (Å²) in [6, 6.07) is 2.88. The molecule has 0 bridgehead atoms. The van der Waals surface area contributed by atoms with Gasteiger partial charge in [0, 0.05) is 12.2 Å². The largest absolute Gasteiger partial charge is 0.530 e. The zero-order valence-corrected chi connectivity index (χ0v) is 9.47. The van der Waals surface area contributed by atoms with Gasteiger partial charge in [-0.15, -0.1) is 0 Å². The fourth-order valence-corrected chi connectivity index (χ4v) is 1.54. The molecule has 17 heavy (non-hydrogen) atoms. The number of alkyl halides is 3. The fourth-order valence-electron chi connectivity index (χ4n) is 1.32. The summed E-state index contributed by atoms with van der Waals surface area (Å²) in [6.45, 7) is 1.47. The van der Waals surface area contributed by atoms with Gasteiger partial charge in [-0.1, -0.05) is 11.6 Å². The SMILES string of the molecule is CCN(C(=O)[O-])c1ccc(Cl)c(C(F)(F)F)c1. The lowest BCUT2D eigenvalue weighted by Crippen LogP contribution is -2.41. The third-order valence-corrected chi connectivity index (χ3v) is 2.43. The number of hydrogen-bond donors (Lipinski definition) is 0.